The molecule has 1 amide bonds. The normalized spacial score (nSPS) is 21.2. The van der Waals surface area contributed by atoms with Crippen molar-refractivity contribution in [2.24, 2.45) is 5.92 Å². The molecule has 0 bridgehead atoms. The van der Waals surface area contributed by atoms with Crippen LogP contribution in [0.5, 0.6) is 11.5 Å². The fraction of sp³-hybridized carbons (Fsp3) is 0.406. The number of halogens is 2. The van der Waals surface area contributed by atoms with Crippen molar-refractivity contribution >= 4 is 28.9 Å². The highest BCUT2D eigenvalue weighted by molar-refractivity contribution is 6.31. The Bertz CT molecular complexity index is 1370. The van der Waals surface area contributed by atoms with Crippen molar-refractivity contribution in [3.05, 3.63) is 83.1 Å². The number of nitrogens with zero attached hydrogens (tertiary/aromatic N) is 3. The molecule has 0 unspecified atom stereocenters. The molecule has 3 aliphatic heterocycles. The van der Waals surface area contributed by atoms with Crippen molar-refractivity contribution in [3.63, 3.8) is 0 Å². The van der Waals surface area contributed by atoms with E-state index >= 15 is 0 Å². The molecule has 0 saturated carbocycles. The standard InChI is InChI=1S/C32H36ClFN4O3/c33-26-6-2-1-5-23(26)20-36-14-13-28(37-15-17-38(18-16-37)29-8-4-3-7-27(29)34)24(21-36)9-12-32(39)35-25-10-11-30-31(19-25)41-22-40-30/h1-8,10-11,19,24,28H,9,12-18,20-22H2,(H,35,39)/t24-,28+/m0/s1. The van der Waals surface area contributed by atoms with Gasteiger partial charge in [0.15, 0.2) is 11.5 Å². The lowest BCUT2D eigenvalue weighted by Crippen LogP contribution is -2.56. The highest BCUT2D eigenvalue weighted by Crippen LogP contribution is 2.35. The van der Waals surface area contributed by atoms with Crippen LogP contribution < -0.4 is 19.7 Å². The number of hydrogen-bond donors (Lipinski definition) is 1. The molecule has 2 fully saturated rings. The number of piperidine rings is 1. The Morgan fingerprint density at radius 3 is 2.56 bits per heavy atom. The van der Waals surface area contributed by atoms with Gasteiger partial charge < -0.3 is 19.7 Å². The molecule has 216 valence electrons. The van der Waals surface area contributed by atoms with Crippen molar-refractivity contribution in [2.45, 2.75) is 31.8 Å². The maximum Gasteiger partial charge on any atom is 0.231 e. The van der Waals surface area contributed by atoms with E-state index in [9.17, 15) is 9.18 Å². The fourth-order valence-corrected chi connectivity index (χ4v) is 6.58. The van der Waals surface area contributed by atoms with Crippen molar-refractivity contribution in [3.8, 4) is 11.5 Å². The SMILES string of the molecule is O=C(CC[C@H]1CN(Cc2ccccc2Cl)CC[C@H]1N1CCN(c2ccccc2F)CC1)Nc1ccc2c(c1)OCO2. The number of likely N-dealkylation sites (tertiary alicyclic amines) is 1. The molecule has 6 rings (SSSR count). The lowest BCUT2D eigenvalue weighted by molar-refractivity contribution is -0.116. The number of carbonyl (C=O) groups is 1. The summed E-state index contributed by atoms with van der Waals surface area (Å²) in [6, 6.07) is 20.9. The average molecular weight is 579 g/mol. The smallest absolute Gasteiger partial charge is 0.231 e. The van der Waals surface area contributed by atoms with Gasteiger partial charge in [-0.1, -0.05) is 41.9 Å². The van der Waals surface area contributed by atoms with Gasteiger partial charge in [0.25, 0.3) is 0 Å². The fourth-order valence-electron chi connectivity index (χ4n) is 6.39. The van der Waals surface area contributed by atoms with Gasteiger partial charge in [-0.05, 0) is 61.2 Å². The van der Waals surface area contributed by atoms with E-state index in [2.05, 4.69) is 26.1 Å². The van der Waals surface area contributed by atoms with Crippen LogP contribution >= 0.6 is 11.6 Å². The number of benzene rings is 3. The first-order valence-electron chi connectivity index (χ1n) is 14.4. The van der Waals surface area contributed by atoms with Crippen molar-refractivity contribution in [1.29, 1.82) is 0 Å². The van der Waals surface area contributed by atoms with Gasteiger partial charge in [0, 0.05) is 68.5 Å². The average Bonchev–Trinajstić information content (AvgIpc) is 3.46. The molecule has 3 aromatic carbocycles. The second kappa shape index (κ2) is 12.7. The monoisotopic (exact) mass is 578 g/mol. The third kappa shape index (κ3) is 6.61. The maximum atomic E-state index is 14.4. The quantitative estimate of drug-likeness (QED) is 0.373. The van der Waals surface area contributed by atoms with Gasteiger partial charge in [-0.2, -0.15) is 0 Å². The summed E-state index contributed by atoms with van der Waals surface area (Å²) in [4.78, 5) is 20.2. The van der Waals surface area contributed by atoms with Crippen molar-refractivity contribution in [2.75, 3.05) is 56.3 Å². The van der Waals surface area contributed by atoms with Gasteiger partial charge in [-0.15, -0.1) is 0 Å². The molecular weight excluding hydrogens is 543 g/mol. The van der Waals surface area contributed by atoms with Crippen LogP contribution in [0, 0.1) is 11.7 Å². The van der Waals surface area contributed by atoms with Crippen LogP contribution in [0.1, 0.15) is 24.8 Å². The molecule has 1 N–H and O–H groups in total. The summed E-state index contributed by atoms with van der Waals surface area (Å²) in [5.41, 5.74) is 2.52. The van der Waals surface area contributed by atoms with E-state index in [4.69, 9.17) is 21.1 Å². The first-order chi connectivity index (χ1) is 20.0. The molecule has 3 aromatic rings. The predicted molar refractivity (Wildman–Crippen MR) is 159 cm³/mol. The van der Waals surface area contributed by atoms with Gasteiger partial charge in [0.2, 0.25) is 12.7 Å². The van der Waals surface area contributed by atoms with Crippen LogP contribution in [0.25, 0.3) is 0 Å². The zero-order chi connectivity index (χ0) is 28.2. The van der Waals surface area contributed by atoms with Crippen LogP contribution in [0.4, 0.5) is 15.8 Å². The number of carbonyl (C=O) groups excluding carboxylic acids is 1. The van der Waals surface area contributed by atoms with Crippen LogP contribution in [0.3, 0.4) is 0 Å². The summed E-state index contributed by atoms with van der Waals surface area (Å²) in [7, 11) is 0. The Balaban J connectivity index is 1.10. The number of fused-ring (bicyclic) bond motifs is 1. The lowest BCUT2D eigenvalue weighted by Gasteiger charge is -2.47. The molecule has 3 aliphatic rings. The number of para-hydroxylation sites is 1. The molecule has 0 aliphatic carbocycles. The van der Waals surface area contributed by atoms with Crippen LogP contribution in [-0.4, -0.2) is 67.8 Å². The summed E-state index contributed by atoms with van der Waals surface area (Å²) < 4.78 is 25.2. The van der Waals surface area contributed by atoms with Gasteiger partial charge in [-0.3, -0.25) is 14.6 Å². The lowest BCUT2D eigenvalue weighted by atomic mass is 9.86. The van der Waals surface area contributed by atoms with E-state index < -0.39 is 0 Å². The number of hydrogen-bond acceptors (Lipinski definition) is 6. The number of amides is 1. The zero-order valence-corrected chi connectivity index (χ0v) is 23.9. The number of anilines is 2. The largest absolute Gasteiger partial charge is 0.454 e. The van der Waals surface area contributed by atoms with Crippen LogP contribution in [0.2, 0.25) is 5.02 Å². The minimum atomic E-state index is -0.167. The molecule has 9 heteroatoms. The molecule has 2 saturated heterocycles. The molecule has 41 heavy (non-hydrogen) atoms. The highest BCUT2D eigenvalue weighted by atomic mass is 35.5. The minimum Gasteiger partial charge on any atom is -0.454 e. The molecule has 3 heterocycles. The molecule has 0 radical (unpaired) electrons. The number of nitrogens with one attached hydrogen (secondary N) is 1. The van der Waals surface area contributed by atoms with Crippen molar-refractivity contribution < 1.29 is 18.7 Å². The van der Waals surface area contributed by atoms with Gasteiger partial charge in [0.1, 0.15) is 5.82 Å². The first kappa shape index (κ1) is 27.8. The number of ether oxygens (including phenoxy) is 2. The molecule has 7 nitrogen and oxygen atoms in total. The van der Waals surface area contributed by atoms with E-state index in [-0.39, 0.29) is 18.5 Å². The zero-order valence-electron chi connectivity index (χ0n) is 23.1. The topological polar surface area (TPSA) is 57.3 Å². The first-order valence-corrected chi connectivity index (χ1v) is 14.8. The maximum absolute atomic E-state index is 14.4. The van der Waals surface area contributed by atoms with Crippen LogP contribution in [0.15, 0.2) is 66.7 Å². The molecular formula is C32H36ClFN4O3. The summed E-state index contributed by atoms with van der Waals surface area (Å²) >= 11 is 6.48. The Hall–Kier alpha value is -3.33. The van der Waals surface area contributed by atoms with E-state index in [0.717, 1.165) is 69.2 Å². The molecule has 2 atom stereocenters. The second-order valence-electron chi connectivity index (χ2n) is 11.1. The Kier molecular flexibility index (Phi) is 8.60. The second-order valence-corrected chi connectivity index (χ2v) is 11.5. The Labute approximate surface area is 245 Å². The van der Waals surface area contributed by atoms with E-state index in [0.29, 0.717) is 41.3 Å². The molecule has 0 aromatic heterocycles. The predicted octanol–water partition coefficient (Wildman–Crippen LogP) is 5.64. The van der Waals surface area contributed by atoms with Gasteiger partial charge in [-0.25, -0.2) is 4.39 Å². The van der Waals surface area contributed by atoms with Gasteiger partial charge in [0.05, 0.1) is 5.69 Å². The van der Waals surface area contributed by atoms with E-state index in [1.54, 1.807) is 6.07 Å². The third-order valence-electron chi connectivity index (χ3n) is 8.50. The number of piperazine rings is 1. The van der Waals surface area contributed by atoms with Crippen LogP contribution in [-0.2, 0) is 11.3 Å². The Morgan fingerprint density at radius 2 is 1.73 bits per heavy atom. The highest BCUT2D eigenvalue weighted by Gasteiger charge is 2.35. The minimum absolute atomic E-state index is 0.00443. The third-order valence-corrected chi connectivity index (χ3v) is 8.87. The summed E-state index contributed by atoms with van der Waals surface area (Å²) in [5.74, 6) is 1.51. The number of rotatable bonds is 8. The van der Waals surface area contributed by atoms with E-state index in [1.807, 2.05) is 48.5 Å². The summed E-state index contributed by atoms with van der Waals surface area (Å²) in [6.45, 7) is 6.22. The van der Waals surface area contributed by atoms with Crippen molar-refractivity contribution in [1.82, 2.24) is 9.80 Å². The van der Waals surface area contributed by atoms with E-state index in [1.165, 1.54) is 6.07 Å². The van der Waals surface area contributed by atoms with Gasteiger partial charge >= 0.3 is 0 Å². The summed E-state index contributed by atoms with van der Waals surface area (Å²) in [6.07, 6.45) is 2.25. The summed E-state index contributed by atoms with van der Waals surface area (Å²) in [5, 5.41) is 3.82. The Morgan fingerprint density at radius 1 is 0.951 bits per heavy atom. The molecule has 0 spiro atoms.